The molecule has 0 saturated heterocycles. The number of hydrogen-bond donors (Lipinski definition) is 0. The highest BCUT2D eigenvalue weighted by atomic mass is 35.5. The van der Waals surface area contributed by atoms with Crippen LogP contribution in [0.15, 0.2) is 35.3 Å². The Morgan fingerprint density at radius 2 is 1.47 bits per heavy atom. The van der Waals surface area contributed by atoms with Crippen molar-refractivity contribution in [1.29, 1.82) is 0 Å². The fourth-order valence-corrected chi connectivity index (χ4v) is 2.52. The smallest absolute Gasteiger partial charge is 0.0817 e. The molecule has 0 N–H and O–H groups in total. The van der Waals surface area contributed by atoms with Crippen molar-refractivity contribution in [1.82, 2.24) is 0 Å². The molecule has 0 aromatic heterocycles. The van der Waals surface area contributed by atoms with Crippen LogP contribution < -0.4 is 0 Å². The van der Waals surface area contributed by atoms with E-state index in [0.717, 1.165) is 0 Å². The molecule has 2 aromatic rings. The normalized spacial score (nSPS) is 11.2. The summed E-state index contributed by atoms with van der Waals surface area (Å²) in [6.07, 6.45) is 1.55. The molecule has 0 heterocycles. The summed E-state index contributed by atoms with van der Waals surface area (Å²) in [5, 5.41) is 2.25. The Morgan fingerprint density at radius 3 is 2.16 bits per heavy atom. The fraction of sp³-hybridized carbons (Fsp3) is 0. The molecule has 98 valence electrons. The molecule has 19 heavy (non-hydrogen) atoms. The maximum absolute atomic E-state index is 6.06. The third-order valence-electron chi connectivity index (χ3n) is 2.27. The van der Waals surface area contributed by atoms with Crippen LogP contribution in [-0.2, 0) is 0 Å². The van der Waals surface area contributed by atoms with Crippen LogP contribution in [-0.4, -0.2) is 6.21 Å². The van der Waals surface area contributed by atoms with E-state index in [4.69, 9.17) is 58.0 Å². The van der Waals surface area contributed by atoms with Crippen LogP contribution in [0, 0.1) is 0 Å². The maximum Gasteiger partial charge on any atom is 0.0817 e. The van der Waals surface area contributed by atoms with Crippen LogP contribution in [0.4, 0.5) is 5.69 Å². The third-order valence-corrected chi connectivity index (χ3v) is 3.85. The van der Waals surface area contributed by atoms with Gasteiger partial charge in [0.15, 0.2) is 0 Å². The molecular weight excluding hydrogens is 347 g/mol. The Labute approximate surface area is 135 Å². The SMILES string of the molecule is Clc1ccc(N=Cc2cc(Cl)cc(Cl)c2Cl)c(Cl)c1. The summed E-state index contributed by atoms with van der Waals surface area (Å²) in [5.41, 5.74) is 1.20. The first-order chi connectivity index (χ1) is 8.97. The van der Waals surface area contributed by atoms with Gasteiger partial charge in [0.2, 0.25) is 0 Å². The van der Waals surface area contributed by atoms with Crippen LogP contribution in [0.5, 0.6) is 0 Å². The summed E-state index contributed by atoms with van der Waals surface area (Å²) in [7, 11) is 0. The average Bonchev–Trinajstić information content (AvgIpc) is 2.33. The lowest BCUT2D eigenvalue weighted by Gasteiger charge is -2.02. The third kappa shape index (κ3) is 3.77. The summed E-state index contributed by atoms with van der Waals surface area (Å²) in [6, 6.07) is 8.26. The van der Waals surface area contributed by atoms with Crippen molar-refractivity contribution in [2.75, 3.05) is 0 Å². The van der Waals surface area contributed by atoms with E-state index in [9.17, 15) is 0 Å². The van der Waals surface area contributed by atoms with Gasteiger partial charge in [-0.25, -0.2) is 0 Å². The predicted octanol–water partition coefficient (Wildman–Crippen LogP) is 6.70. The zero-order chi connectivity index (χ0) is 14.0. The van der Waals surface area contributed by atoms with Gasteiger partial charge < -0.3 is 0 Å². The van der Waals surface area contributed by atoms with Gasteiger partial charge in [-0.1, -0.05) is 58.0 Å². The molecule has 0 aliphatic rings. The Bertz CT molecular complexity index is 652. The lowest BCUT2D eigenvalue weighted by atomic mass is 10.2. The van der Waals surface area contributed by atoms with Crippen LogP contribution in [0.1, 0.15) is 5.56 Å². The van der Waals surface area contributed by atoms with E-state index < -0.39 is 0 Å². The molecule has 0 aliphatic carbocycles. The van der Waals surface area contributed by atoms with Crippen LogP contribution in [0.3, 0.4) is 0 Å². The summed E-state index contributed by atoms with van der Waals surface area (Å²) in [5.74, 6) is 0. The minimum Gasteiger partial charge on any atom is -0.255 e. The topological polar surface area (TPSA) is 12.4 Å². The summed E-state index contributed by atoms with van der Waals surface area (Å²) in [6.45, 7) is 0. The van der Waals surface area contributed by atoms with E-state index in [-0.39, 0.29) is 0 Å². The highest BCUT2D eigenvalue weighted by molar-refractivity contribution is 6.44. The van der Waals surface area contributed by atoms with Gasteiger partial charge in [0.1, 0.15) is 0 Å². The second-order valence-electron chi connectivity index (χ2n) is 3.64. The second-order valence-corrected chi connectivity index (χ2v) is 5.71. The average molecular weight is 353 g/mol. The van der Waals surface area contributed by atoms with Gasteiger partial charge in [-0.2, -0.15) is 0 Å². The zero-order valence-corrected chi connectivity index (χ0v) is 13.1. The molecule has 0 atom stereocenters. The minimum atomic E-state index is 0.373. The van der Waals surface area contributed by atoms with Crippen molar-refractivity contribution in [3.8, 4) is 0 Å². The monoisotopic (exact) mass is 351 g/mol. The lowest BCUT2D eigenvalue weighted by molar-refractivity contribution is 1.52. The lowest BCUT2D eigenvalue weighted by Crippen LogP contribution is -1.84. The van der Waals surface area contributed by atoms with Crippen molar-refractivity contribution in [3.63, 3.8) is 0 Å². The first-order valence-corrected chi connectivity index (χ1v) is 7.00. The van der Waals surface area contributed by atoms with E-state index in [1.165, 1.54) is 0 Å². The Hall–Kier alpha value is -0.440. The molecule has 2 rings (SSSR count). The quantitative estimate of drug-likeness (QED) is 0.420. The standard InChI is InChI=1S/C13H6Cl5N/c14-8-1-2-12(10(16)4-8)19-6-7-3-9(15)5-11(17)13(7)18/h1-6H. The van der Waals surface area contributed by atoms with E-state index in [2.05, 4.69) is 4.99 Å². The molecule has 2 aromatic carbocycles. The van der Waals surface area contributed by atoms with Gasteiger partial charge in [-0.05, 0) is 30.3 Å². The van der Waals surface area contributed by atoms with Gasteiger partial charge >= 0.3 is 0 Å². The Balaban J connectivity index is 2.38. The molecule has 0 unspecified atom stereocenters. The van der Waals surface area contributed by atoms with Crippen molar-refractivity contribution >= 4 is 69.9 Å². The van der Waals surface area contributed by atoms with Crippen LogP contribution in [0.25, 0.3) is 0 Å². The summed E-state index contributed by atoms with van der Waals surface area (Å²) >= 11 is 29.7. The molecular formula is C13H6Cl5N. The second kappa shape index (κ2) is 6.34. The molecule has 0 amide bonds. The van der Waals surface area contributed by atoms with Gasteiger partial charge in [-0.15, -0.1) is 0 Å². The van der Waals surface area contributed by atoms with Gasteiger partial charge in [-0.3, -0.25) is 4.99 Å². The fourth-order valence-electron chi connectivity index (χ4n) is 1.39. The number of rotatable bonds is 2. The molecule has 0 aliphatic heterocycles. The molecule has 0 fully saturated rings. The van der Waals surface area contributed by atoms with Crippen molar-refractivity contribution in [2.45, 2.75) is 0 Å². The molecule has 6 heteroatoms. The van der Waals surface area contributed by atoms with Crippen molar-refractivity contribution < 1.29 is 0 Å². The molecule has 0 spiro atoms. The minimum absolute atomic E-state index is 0.373. The van der Waals surface area contributed by atoms with Crippen molar-refractivity contribution in [2.24, 2.45) is 4.99 Å². The zero-order valence-electron chi connectivity index (χ0n) is 9.30. The van der Waals surface area contributed by atoms with E-state index in [1.54, 1.807) is 36.5 Å². The predicted molar refractivity (Wildman–Crippen MR) is 85.2 cm³/mol. The van der Waals surface area contributed by atoms with Crippen molar-refractivity contribution in [3.05, 3.63) is 61.0 Å². The van der Waals surface area contributed by atoms with Gasteiger partial charge in [0.25, 0.3) is 0 Å². The van der Waals surface area contributed by atoms with Crippen LogP contribution >= 0.6 is 58.0 Å². The first-order valence-electron chi connectivity index (χ1n) is 5.11. The molecule has 1 nitrogen and oxygen atoms in total. The maximum atomic E-state index is 6.06. The number of benzene rings is 2. The number of nitrogens with zero attached hydrogens (tertiary/aromatic N) is 1. The van der Waals surface area contributed by atoms with Gasteiger partial charge in [0, 0.05) is 21.8 Å². The number of halogens is 5. The highest BCUT2D eigenvalue weighted by Crippen LogP contribution is 2.31. The van der Waals surface area contributed by atoms with E-state index >= 15 is 0 Å². The van der Waals surface area contributed by atoms with Crippen LogP contribution in [0.2, 0.25) is 25.1 Å². The highest BCUT2D eigenvalue weighted by Gasteiger charge is 2.05. The molecule has 0 radical (unpaired) electrons. The Kier molecular flexibility index (Phi) is 4.99. The molecule has 0 saturated carbocycles. The Morgan fingerprint density at radius 1 is 0.789 bits per heavy atom. The van der Waals surface area contributed by atoms with E-state index in [1.807, 2.05) is 0 Å². The van der Waals surface area contributed by atoms with Gasteiger partial charge in [0.05, 0.1) is 20.8 Å². The largest absolute Gasteiger partial charge is 0.255 e. The van der Waals surface area contributed by atoms with E-state index in [0.29, 0.717) is 36.4 Å². The first kappa shape index (κ1) is 15.0. The molecule has 0 bridgehead atoms. The number of aliphatic imine (C=N–C) groups is 1. The summed E-state index contributed by atoms with van der Waals surface area (Å²) in [4.78, 5) is 4.24. The summed E-state index contributed by atoms with van der Waals surface area (Å²) < 4.78 is 0. The number of hydrogen-bond acceptors (Lipinski definition) is 1.